The van der Waals surface area contributed by atoms with Gasteiger partial charge in [-0.25, -0.2) is 0 Å². The Labute approximate surface area is 321 Å². The van der Waals surface area contributed by atoms with Gasteiger partial charge in [-0.1, -0.05) is 166 Å². The SMILES string of the molecule is CC1(C)c2ccccc2-c2c(-c3ccccc3N(c3cccc(-n4c5ccccc5c5ccccc54)c3)c3cccc4c3ccc3ccccc34)cccc21. The molecule has 1 aliphatic rings. The van der Waals surface area contributed by atoms with Gasteiger partial charge < -0.3 is 9.47 Å². The van der Waals surface area contributed by atoms with Gasteiger partial charge in [0.05, 0.1) is 22.4 Å². The average Bonchev–Trinajstić information content (AvgIpc) is 3.70. The van der Waals surface area contributed by atoms with Crippen LogP contribution in [0.1, 0.15) is 25.0 Å². The minimum atomic E-state index is -0.0934. The predicted octanol–water partition coefficient (Wildman–Crippen LogP) is 14.5. The molecule has 0 bridgehead atoms. The summed E-state index contributed by atoms with van der Waals surface area (Å²) >= 11 is 0. The Hall–Kier alpha value is -6.90. The summed E-state index contributed by atoms with van der Waals surface area (Å²) in [5.41, 5.74) is 14.7. The van der Waals surface area contributed by atoms with Crippen LogP contribution in [-0.2, 0) is 5.41 Å². The highest BCUT2D eigenvalue weighted by molar-refractivity contribution is 6.14. The van der Waals surface area contributed by atoms with E-state index < -0.39 is 0 Å². The van der Waals surface area contributed by atoms with Crippen molar-refractivity contribution < 1.29 is 0 Å². The van der Waals surface area contributed by atoms with E-state index in [4.69, 9.17) is 0 Å². The molecule has 0 atom stereocenters. The molecule has 2 nitrogen and oxygen atoms in total. The zero-order valence-electron chi connectivity index (χ0n) is 30.9. The van der Waals surface area contributed by atoms with E-state index in [1.807, 2.05) is 0 Å². The maximum Gasteiger partial charge on any atom is 0.0541 e. The molecule has 0 spiro atoms. The second kappa shape index (κ2) is 12.1. The van der Waals surface area contributed by atoms with Crippen molar-refractivity contribution in [2.24, 2.45) is 0 Å². The number of rotatable bonds is 5. The summed E-state index contributed by atoms with van der Waals surface area (Å²) in [5, 5.41) is 7.47. The minimum absolute atomic E-state index is 0.0934. The van der Waals surface area contributed by atoms with Crippen LogP contribution >= 0.6 is 0 Å². The number of anilines is 3. The number of fused-ring (bicyclic) bond motifs is 9. The third-order valence-corrected chi connectivity index (χ3v) is 12.0. The highest BCUT2D eigenvalue weighted by Crippen LogP contribution is 2.54. The van der Waals surface area contributed by atoms with Gasteiger partial charge in [-0.3, -0.25) is 0 Å². The number of para-hydroxylation sites is 3. The van der Waals surface area contributed by atoms with Crippen LogP contribution in [0.4, 0.5) is 17.1 Å². The molecule has 1 heterocycles. The molecule has 0 unspecified atom stereocenters. The molecule has 0 N–H and O–H groups in total. The van der Waals surface area contributed by atoms with Gasteiger partial charge >= 0.3 is 0 Å². The third-order valence-electron chi connectivity index (χ3n) is 12.0. The summed E-state index contributed by atoms with van der Waals surface area (Å²) in [6.45, 7) is 4.72. The third kappa shape index (κ3) is 4.68. The fraction of sp³-hybridized carbons (Fsp3) is 0.0566. The van der Waals surface area contributed by atoms with Gasteiger partial charge in [0.15, 0.2) is 0 Å². The first-order chi connectivity index (χ1) is 27.1. The normalized spacial score (nSPS) is 13.1. The summed E-state index contributed by atoms with van der Waals surface area (Å²) in [6, 6.07) is 71.5. The molecular formula is C53H38N2. The summed E-state index contributed by atoms with van der Waals surface area (Å²) in [4.78, 5) is 2.50. The molecule has 10 aromatic rings. The minimum Gasteiger partial charge on any atom is -0.309 e. The Morgan fingerprint density at radius 3 is 1.80 bits per heavy atom. The van der Waals surface area contributed by atoms with E-state index in [0.29, 0.717) is 0 Å². The molecule has 0 saturated carbocycles. The van der Waals surface area contributed by atoms with E-state index in [1.54, 1.807) is 0 Å². The van der Waals surface area contributed by atoms with Crippen LogP contribution in [-0.4, -0.2) is 4.57 Å². The molecule has 0 fully saturated rings. The van der Waals surface area contributed by atoms with Crippen molar-refractivity contribution in [3.63, 3.8) is 0 Å². The van der Waals surface area contributed by atoms with Crippen molar-refractivity contribution in [1.82, 2.24) is 4.57 Å². The Morgan fingerprint density at radius 1 is 0.400 bits per heavy atom. The Kier molecular flexibility index (Phi) is 6.93. The monoisotopic (exact) mass is 702 g/mol. The average molecular weight is 703 g/mol. The summed E-state index contributed by atoms with van der Waals surface area (Å²) in [7, 11) is 0. The van der Waals surface area contributed by atoms with Crippen LogP contribution in [0.25, 0.3) is 71.3 Å². The summed E-state index contributed by atoms with van der Waals surface area (Å²) in [6.07, 6.45) is 0. The maximum absolute atomic E-state index is 2.50. The van der Waals surface area contributed by atoms with Gasteiger partial charge in [0.25, 0.3) is 0 Å². The molecule has 9 aromatic carbocycles. The molecule has 0 amide bonds. The molecule has 55 heavy (non-hydrogen) atoms. The quantitative estimate of drug-likeness (QED) is 0.162. The number of hydrogen-bond donors (Lipinski definition) is 0. The van der Waals surface area contributed by atoms with Gasteiger partial charge in [-0.15, -0.1) is 0 Å². The van der Waals surface area contributed by atoms with Crippen LogP contribution in [0.2, 0.25) is 0 Å². The predicted molar refractivity (Wildman–Crippen MR) is 233 cm³/mol. The van der Waals surface area contributed by atoms with E-state index in [9.17, 15) is 0 Å². The van der Waals surface area contributed by atoms with Crippen LogP contribution in [0.5, 0.6) is 0 Å². The number of benzene rings is 9. The molecule has 0 saturated heterocycles. The van der Waals surface area contributed by atoms with E-state index in [-0.39, 0.29) is 5.41 Å². The highest BCUT2D eigenvalue weighted by Gasteiger charge is 2.37. The van der Waals surface area contributed by atoms with E-state index in [0.717, 1.165) is 22.7 Å². The molecule has 1 aliphatic carbocycles. The molecule has 0 radical (unpaired) electrons. The second-order valence-electron chi connectivity index (χ2n) is 15.3. The van der Waals surface area contributed by atoms with Crippen LogP contribution in [0, 0.1) is 0 Å². The lowest BCUT2D eigenvalue weighted by atomic mass is 9.82. The molecule has 0 aliphatic heterocycles. The lowest BCUT2D eigenvalue weighted by molar-refractivity contribution is 0.660. The summed E-state index contributed by atoms with van der Waals surface area (Å²) in [5.74, 6) is 0. The molecule has 1 aromatic heterocycles. The van der Waals surface area contributed by atoms with Gasteiger partial charge in [0.1, 0.15) is 0 Å². The highest BCUT2D eigenvalue weighted by atomic mass is 15.1. The first-order valence-electron chi connectivity index (χ1n) is 19.2. The fourth-order valence-electron chi connectivity index (χ4n) is 9.47. The lowest BCUT2D eigenvalue weighted by Gasteiger charge is -2.30. The maximum atomic E-state index is 2.50. The molecule has 2 heteroatoms. The Bertz CT molecular complexity index is 3090. The lowest BCUT2D eigenvalue weighted by Crippen LogP contribution is -2.15. The zero-order valence-corrected chi connectivity index (χ0v) is 30.9. The van der Waals surface area contributed by atoms with Crippen LogP contribution in [0.3, 0.4) is 0 Å². The first kappa shape index (κ1) is 31.6. The van der Waals surface area contributed by atoms with Gasteiger partial charge in [0, 0.05) is 38.5 Å². The first-order valence-corrected chi connectivity index (χ1v) is 19.2. The van der Waals surface area contributed by atoms with E-state index in [1.165, 1.54) is 76.7 Å². The van der Waals surface area contributed by atoms with Crippen LogP contribution in [0.15, 0.2) is 194 Å². The van der Waals surface area contributed by atoms with E-state index in [2.05, 4.69) is 217 Å². The van der Waals surface area contributed by atoms with Gasteiger partial charge in [0.2, 0.25) is 0 Å². The molecular weight excluding hydrogens is 665 g/mol. The van der Waals surface area contributed by atoms with Gasteiger partial charge in [-0.2, -0.15) is 0 Å². The number of aromatic nitrogens is 1. The Balaban J connectivity index is 1.20. The largest absolute Gasteiger partial charge is 0.309 e. The molecule has 260 valence electrons. The standard InChI is InChI=1S/C53H38N2/c1-53(2)46-26-9-5-23-45(46)52-44(25-14-27-47(52)53)42-22-8-12-30-50(42)55(51-31-15-24-39-38-19-4-3-16-35(38)32-33-43(39)51)37-18-13-17-36(34-37)54-48-28-10-6-20-40(48)41-21-7-11-29-49(41)54/h3-34H,1-2H3. The van der Waals surface area contributed by atoms with Crippen molar-refractivity contribution in [3.05, 3.63) is 205 Å². The number of hydrogen-bond acceptors (Lipinski definition) is 1. The summed E-state index contributed by atoms with van der Waals surface area (Å²) < 4.78 is 2.41. The topological polar surface area (TPSA) is 8.17 Å². The van der Waals surface area contributed by atoms with Gasteiger partial charge in [-0.05, 0) is 86.4 Å². The van der Waals surface area contributed by atoms with Crippen molar-refractivity contribution in [1.29, 1.82) is 0 Å². The van der Waals surface area contributed by atoms with E-state index >= 15 is 0 Å². The zero-order chi connectivity index (χ0) is 36.7. The van der Waals surface area contributed by atoms with Crippen molar-refractivity contribution in [2.75, 3.05) is 4.90 Å². The van der Waals surface area contributed by atoms with Crippen molar-refractivity contribution in [2.45, 2.75) is 19.3 Å². The molecule has 11 rings (SSSR count). The van der Waals surface area contributed by atoms with Crippen molar-refractivity contribution in [3.8, 4) is 27.9 Å². The second-order valence-corrected chi connectivity index (χ2v) is 15.3. The fourth-order valence-corrected chi connectivity index (χ4v) is 9.47. The smallest absolute Gasteiger partial charge is 0.0541 e. The van der Waals surface area contributed by atoms with Crippen LogP contribution < -0.4 is 4.90 Å². The Morgan fingerprint density at radius 2 is 0.982 bits per heavy atom. The van der Waals surface area contributed by atoms with Crippen molar-refractivity contribution >= 4 is 60.4 Å². The number of nitrogens with zero attached hydrogens (tertiary/aromatic N) is 2.